The van der Waals surface area contributed by atoms with Crippen LogP contribution in [0.1, 0.15) is 51.8 Å². The molecule has 0 amide bonds. The summed E-state index contributed by atoms with van der Waals surface area (Å²) in [5, 5.41) is 0. The minimum atomic E-state index is -0.801. The van der Waals surface area contributed by atoms with Crippen LogP contribution in [0.5, 0.6) is 0 Å². The Morgan fingerprint density at radius 3 is 1.33 bits per heavy atom. The molecule has 0 heterocycles. The maximum Gasteiger partial charge on any atom is -1.00 e. The van der Waals surface area contributed by atoms with Crippen LogP contribution in [-0.4, -0.2) is 0 Å². The molecule has 0 saturated heterocycles. The molecule has 0 nitrogen and oxygen atoms in total. The molecule has 4 rings (SSSR count). The molecule has 0 N–H and O–H groups in total. The third-order valence-electron chi connectivity index (χ3n) is 5.47. The molecular weight excluding hydrogens is 586 g/mol. The fourth-order valence-corrected chi connectivity index (χ4v) is 11.3. The molecule has 0 saturated carbocycles. The Bertz CT molecular complexity index is 886. The molecule has 27 heavy (non-hydrogen) atoms. The van der Waals surface area contributed by atoms with Gasteiger partial charge in [-0.25, -0.2) is 0 Å². The van der Waals surface area contributed by atoms with Crippen LogP contribution in [0.25, 0.3) is 12.2 Å². The number of hydrogen-bond acceptors (Lipinski definition) is 0. The Balaban J connectivity index is 0.00000131. The predicted octanol–water partition coefficient (Wildman–Crippen LogP) is 1.29. The third-order valence-corrected chi connectivity index (χ3v) is 13.5. The van der Waals surface area contributed by atoms with Crippen LogP contribution in [0.3, 0.4) is 0 Å². The fraction of sp³-hybridized carbons (Fsp3) is 0.273. The number of aryl methyl sites for hydroxylation is 4. The average Bonchev–Trinajstić information content (AvgIpc) is 3.08. The third kappa shape index (κ3) is 4.02. The first-order valence-electron chi connectivity index (χ1n) is 8.59. The monoisotopic (exact) mass is 602 g/mol. The number of benzene rings is 2. The molecule has 5 heteroatoms. The van der Waals surface area contributed by atoms with Crippen molar-refractivity contribution in [3.05, 3.63) is 77.7 Å². The van der Waals surface area contributed by atoms with E-state index in [0.717, 1.165) is 0 Å². The van der Waals surface area contributed by atoms with Crippen LogP contribution in [-0.2, 0) is 23.2 Å². The zero-order chi connectivity index (χ0) is 17.9. The molecule has 0 bridgehead atoms. The predicted molar refractivity (Wildman–Crippen MR) is 111 cm³/mol. The number of allylic oxidation sites excluding steroid dienone is 2. The average molecular weight is 606 g/mol. The molecule has 0 aliphatic heterocycles. The van der Waals surface area contributed by atoms with Crippen molar-refractivity contribution in [2.75, 3.05) is 0 Å². The van der Waals surface area contributed by atoms with Crippen molar-refractivity contribution in [1.29, 1.82) is 0 Å². The summed E-state index contributed by atoms with van der Waals surface area (Å²) in [6.07, 6.45) is 4.75. The molecule has 0 fully saturated rings. The Labute approximate surface area is 202 Å². The molecule has 2 aromatic rings. The second-order valence-electron chi connectivity index (χ2n) is 7.14. The summed E-state index contributed by atoms with van der Waals surface area (Å²) in [4.78, 5) is 0. The van der Waals surface area contributed by atoms with Gasteiger partial charge in [-0.3, -0.25) is 0 Å². The van der Waals surface area contributed by atoms with Gasteiger partial charge in [0, 0.05) is 0 Å². The van der Waals surface area contributed by atoms with Crippen LogP contribution >= 0.6 is 31.9 Å². The van der Waals surface area contributed by atoms with Gasteiger partial charge in [0.1, 0.15) is 0 Å². The molecular formula is C22H20Br2Cl2Zr. The van der Waals surface area contributed by atoms with Crippen LogP contribution in [0.2, 0.25) is 0 Å². The Morgan fingerprint density at radius 2 is 0.963 bits per heavy atom. The molecule has 2 aromatic carbocycles. The maximum absolute atomic E-state index is 3.92. The van der Waals surface area contributed by atoms with Gasteiger partial charge in [0.25, 0.3) is 0 Å². The zero-order valence-corrected chi connectivity index (χ0v) is 22.8. The maximum atomic E-state index is 3.92. The van der Waals surface area contributed by atoms with Gasteiger partial charge in [-0.15, -0.1) is 0 Å². The summed E-state index contributed by atoms with van der Waals surface area (Å²) in [6.45, 7) is 9.01. The van der Waals surface area contributed by atoms with E-state index >= 15 is 0 Å². The summed E-state index contributed by atoms with van der Waals surface area (Å²) >= 11 is 7.04. The smallest absolute Gasteiger partial charge is 1.00 e. The molecule has 2 aliphatic carbocycles. The van der Waals surface area contributed by atoms with Gasteiger partial charge in [0.15, 0.2) is 0 Å². The molecule has 2 atom stereocenters. The molecule has 0 spiro atoms. The largest absolute Gasteiger partial charge is 1.00 e. The quantitative estimate of drug-likeness (QED) is 0.484. The van der Waals surface area contributed by atoms with E-state index in [-0.39, 0.29) is 24.8 Å². The summed E-state index contributed by atoms with van der Waals surface area (Å²) in [5.41, 5.74) is 11.7. The van der Waals surface area contributed by atoms with E-state index in [0.29, 0.717) is 7.25 Å². The van der Waals surface area contributed by atoms with Gasteiger partial charge in [-0.1, -0.05) is 0 Å². The minimum Gasteiger partial charge on any atom is -1.00 e. The van der Waals surface area contributed by atoms with Crippen molar-refractivity contribution in [3.63, 3.8) is 0 Å². The van der Waals surface area contributed by atoms with Crippen molar-refractivity contribution in [1.82, 2.24) is 0 Å². The summed E-state index contributed by atoms with van der Waals surface area (Å²) in [6, 6.07) is 9.10. The first-order chi connectivity index (χ1) is 11.9. The second kappa shape index (κ2) is 9.01. The van der Waals surface area contributed by atoms with Crippen molar-refractivity contribution in [2.45, 2.75) is 34.9 Å². The van der Waals surface area contributed by atoms with Gasteiger partial charge < -0.3 is 24.8 Å². The second-order valence-corrected chi connectivity index (χ2v) is 12.6. The Morgan fingerprint density at radius 1 is 0.630 bits per heavy atom. The van der Waals surface area contributed by atoms with Crippen LogP contribution in [0.15, 0.2) is 33.2 Å². The fourth-order valence-electron chi connectivity index (χ4n) is 4.07. The van der Waals surface area contributed by atoms with E-state index in [1.54, 1.807) is 11.1 Å². The van der Waals surface area contributed by atoms with E-state index < -0.39 is 23.2 Å². The summed E-state index contributed by atoms with van der Waals surface area (Å²) < 4.78 is 4.00. The Kier molecular flexibility index (Phi) is 7.88. The minimum absolute atomic E-state index is 0. The van der Waals surface area contributed by atoms with E-state index in [9.17, 15) is 0 Å². The molecule has 140 valence electrons. The normalized spacial score (nSPS) is 19.2. The van der Waals surface area contributed by atoms with E-state index in [4.69, 9.17) is 0 Å². The van der Waals surface area contributed by atoms with Gasteiger partial charge in [0.2, 0.25) is 0 Å². The van der Waals surface area contributed by atoms with Crippen LogP contribution in [0.4, 0.5) is 0 Å². The van der Waals surface area contributed by atoms with Crippen molar-refractivity contribution in [2.24, 2.45) is 0 Å². The number of rotatable bonds is 2. The first kappa shape index (κ1) is 23.6. The van der Waals surface area contributed by atoms with Gasteiger partial charge in [0.05, 0.1) is 0 Å². The molecule has 2 unspecified atom stereocenters. The Hall–Kier alpha value is 0.343. The molecule has 0 aromatic heterocycles. The van der Waals surface area contributed by atoms with Crippen LogP contribution in [0, 0.1) is 27.7 Å². The van der Waals surface area contributed by atoms with Gasteiger partial charge in [-0.05, 0) is 0 Å². The van der Waals surface area contributed by atoms with Crippen molar-refractivity contribution < 1.29 is 48.0 Å². The number of halogens is 4. The topological polar surface area (TPSA) is 0 Å². The van der Waals surface area contributed by atoms with Gasteiger partial charge in [-0.2, -0.15) is 0 Å². The first-order valence-corrected chi connectivity index (χ1v) is 13.0. The van der Waals surface area contributed by atoms with E-state index in [1.165, 1.54) is 42.3 Å². The SMILES string of the molecule is Cc1ccc(C)c2c1C=C(Br)[CH]2[Zr+2][CH]1C(Br)=Cc2c(C)ccc(C)c21.[Cl-].[Cl-]. The summed E-state index contributed by atoms with van der Waals surface area (Å²) in [5.74, 6) is 0. The zero-order valence-electron chi connectivity index (χ0n) is 15.6. The molecule has 2 aliphatic rings. The summed E-state index contributed by atoms with van der Waals surface area (Å²) in [7, 11) is 0. The van der Waals surface area contributed by atoms with E-state index in [2.05, 4.69) is 96.0 Å². The number of hydrogen-bond donors (Lipinski definition) is 0. The van der Waals surface area contributed by atoms with Crippen molar-refractivity contribution >= 4 is 44.0 Å². The van der Waals surface area contributed by atoms with Gasteiger partial charge >= 0.3 is 180 Å². The van der Waals surface area contributed by atoms with Crippen LogP contribution < -0.4 is 24.8 Å². The van der Waals surface area contributed by atoms with E-state index in [1.807, 2.05) is 0 Å². The molecule has 0 radical (unpaired) electrons. The van der Waals surface area contributed by atoms with Crippen molar-refractivity contribution in [3.8, 4) is 0 Å². The number of fused-ring (bicyclic) bond motifs is 2. The standard InChI is InChI=1S/2C11H10Br.2ClH.Zr/c2*1-7-3-4-8(2)11-6-9(12)5-10(7)11;;;/h2*3-6H,1-2H3;2*1H;/q;;;;+2/p-2.